The van der Waals surface area contributed by atoms with Crippen LogP contribution in [0.25, 0.3) is 0 Å². The van der Waals surface area contributed by atoms with Gasteiger partial charge in [-0.1, -0.05) is 24.8 Å². The predicted octanol–water partition coefficient (Wildman–Crippen LogP) is 6.67. The van der Waals surface area contributed by atoms with Gasteiger partial charge in [0.1, 0.15) is 5.82 Å². The molecule has 0 atom stereocenters. The van der Waals surface area contributed by atoms with Crippen LogP contribution in [0.3, 0.4) is 0 Å². The fraction of sp³-hybridized carbons (Fsp3) is 0.229. The number of anilines is 6. The maximum Gasteiger partial charge on any atom is 0.330 e. The van der Waals surface area contributed by atoms with Gasteiger partial charge >= 0.3 is 6.03 Å². The third kappa shape index (κ3) is 6.12. The highest BCUT2D eigenvalue weighted by molar-refractivity contribution is 6.07. The zero-order valence-electron chi connectivity index (χ0n) is 25.6. The van der Waals surface area contributed by atoms with Gasteiger partial charge in [-0.2, -0.15) is 4.98 Å². The summed E-state index contributed by atoms with van der Waals surface area (Å²) in [5, 5.41) is 8.97. The summed E-state index contributed by atoms with van der Waals surface area (Å²) < 4.78 is 0. The number of urea groups is 1. The van der Waals surface area contributed by atoms with Gasteiger partial charge < -0.3 is 16.0 Å². The van der Waals surface area contributed by atoms with Gasteiger partial charge in [0.05, 0.1) is 12.2 Å². The Balaban J connectivity index is 1.20. The SMILES string of the molecule is C=CC(=O)Nc1cc(Nc2ncc3c(n2)N(C)C(=O)N(c2cc(NC(=O)c4ccc5c(c4)CCCC5)ccc2C)C3)ccc1C. The summed E-state index contributed by atoms with van der Waals surface area (Å²) in [4.78, 5) is 50.9. The fourth-order valence-electron chi connectivity index (χ4n) is 5.76. The molecule has 228 valence electrons. The average Bonchev–Trinajstić information content (AvgIpc) is 3.05. The maximum absolute atomic E-state index is 13.7. The molecule has 0 saturated carbocycles. The molecule has 2 aliphatic rings. The highest BCUT2D eigenvalue weighted by atomic mass is 16.2. The van der Waals surface area contributed by atoms with Crippen molar-refractivity contribution in [1.29, 1.82) is 0 Å². The molecule has 6 rings (SSSR count). The third-order valence-electron chi connectivity index (χ3n) is 8.31. The Bertz CT molecular complexity index is 1850. The van der Waals surface area contributed by atoms with Gasteiger partial charge in [0.15, 0.2) is 0 Å². The van der Waals surface area contributed by atoms with Crippen molar-refractivity contribution < 1.29 is 14.4 Å². The molecule has 1 aliphatic heterocycles. The third-order valence-corrected chi connectivity index (χ3v) is 8.31. The minimum atomic E-state index is -0.303. The van der Waals surface area contributed by atoms with Crippen molar-refractivity contribution in [3.63, 3.8) is 0 Å². The highest BCUT2D eigenvalue weighted by Gasteiger charge is 2.31. The first kappa shape index (κ1) is 29.6. The van der Waals surface area contributed by atoms with Crippen molar-refractivity contribution in [2.45, 2.75) is 46.1 Å². The first-order valence-corrected chi connectivity index (χ1v) is 15.0. The number of nitrogens with one attached hydrogen (secondary N) is 3. The molecule has 1 aromatic heterocycles. The number of rotatable bonds is 7. The lowest BCUT2D eigenvalue weighted by Crippen LogP contribution is -2.46. The van der Waals surface area contributed by atoms with Gasteiger partial charge in [-0.15, -0.1) is 0 Å². The van der Waals surface area contributed by atoms with Gasteiger partial charge in [0.2, 0.25) is 11.9 Å². The Morgan fingerprint density at radius 3 is 2.44 bits per heavy atom. The number of carbonyl (C=O) groups is 3. The zero-order chi connectivity index (χ0) is 31.7. The van der Waals surface area contributed by atoms with Crippen LogP contribution < -0.4 is 25.8 Å². The molecule has 0 bridgehead atoms. The predicted molar refractivity (Wildman–Crippen MR) is 178 cm³/mol. The molecular formula is C35H35N7O3. The molecule has 3 N–H and O–H groups in total. The molecule has 10 heteroatoms. The molecule has 0 radical (unpaired) electrons. The molecule has 0 fully saturated rings. The Hall–Kier alpha value is -5.51. The number of aryl methyl sites for hydroxylation is 4. The lowest BCUT2D eigenvalue weighted by atomic mass is 9.90. The summed E-state index contributed by atoms with van der Waals surface area (Å²) in [5.41, 5.74) is 8.38. The van der Waals surface area contributed by atoms with Crippen LogP contribution in [-0.2, 0) is 24.2 Å². The van der Waals surface area contributed by atoms with Crippen LogP contribution in [0.5, 0.6) is 0 Å². The minimum absolute atomic E-state index is 0.178. The van der Waals surface area contributed by atoms with Crippen molar-refractivity contribution in [3.8, 4) is 0 Å². The minimum Gasteiger partial charge on any atom is -0.324 e. The molecule has 0 saturated heterocycles. The lowest BCUT2D eigenvalue weighted by Gasteiger charge is -2.35. The molecule has 2 heterocycles. The normalized spacial score (nSPS) is 13.9. The number of nitrogens with zero attached hydrogens (tertiary/aromatic N) is 4. The Labute approximate surface area is 262 Å². The number of hydrogen-bond acceptors (Lipinski definition) is 6. The Kier molecular flexibility index (Phi) is 8.04. The number of benzene rings is 3. The van der Waals surface area contributed by atoms with Crippen LogP contribution in [-0.4, -0.2) is 34.9 Å². The molecule has 0 spiro atoms. The van der Waals surface area contributed by atoms with Gasteiger partial charge in [-0.3, -0.25) is 19.4 Å². The zero-order valence-corrected chi connectivity index (χ0v) is 25.6. The van der Waals surface area contributed by atoms with Gasteiger partial charge in [-0.25, -0.2) is 9.78 Å². The van der Waals surface area contributed by atoms with Crippen LogP contribution in [0.4, 0.5) is 39.3 Å². The van der Waals surface area contributed by atoms with E-state index in [-0.39, 0.29) is 24.4 Å². The van der Waals surface area contributed by atoms with Crippen molar-refractivity contribution >= 4 is 52.4 Å². The van der Waals surface area contributed by atoms with Gasteiger partial charge in [-0.05, 0) is 104 Å². The van der Waals surface area contributed by atoms with Crippen molar-refractivity contribution in [1.82, 2.24) is 9.97 Å². The topological polar surface area (TPSA) is 120 Å². The standard InChI is InChI=1S/C35H35N7O3/c1-5-31(43)39-29-17-27(14-10-21(29)2)38-34-36-19-26-20-42(35(45)41(4)32(26)40-34)30-18-28(15-11-22(30)3)37-33(44)25-13-12-23-8-6-7-9-24(23)16-25/h5,10-19H,1,6-9,20H2,2-4H3,(H,37,44)(H,39,43)(H,36,38,40). The van der Waals surface area contributed by atoms with Gasteiger partial charge in [0.25, 0.3) is 5.91 Å². The quantitative estimate of drug-likeness (QED) is 0.204. The lowest BCUT2D eigenvalue weighted by molar-refractivity contribution is -0.111. The van der Waals surface area contributed by atoms with E-state index >= 15 is 0 Å². The summed E-state index contributed by atoms with van der Waals surface area (Å²) in [6, 6.07) is 16.8. The molecule has 10 nitrogen and oxygen atoms in total. The Morgan fingerprint density at radius 1 is 0.889 bits per heavy atom. The van der Waals surface area contributed by atoms with Crippen molar-refractivity contribution in [2.24, 2.45) is 0 Å². The molecule has 0 unspecified atom stereocenters. The van der Waals surface area contributed by atoms with Crippen LogP contribution in [0.15, 0.2) is 73.4 Å². The number of amides is 4. The second-order valence-corrected chi connectivity index (χ2v) is 11.5. The van der Waals surface area contributed by atoms with Crippen LogP contribution >= 0.6 is 0 Å². The Morgan fingerprint density at radius 2 is 1.64 bits per heavy atom. The van der Waals surface area contributed by atoms with Crippen LogP contribution in [0.1, 0.15) is 51.0 Å². The molecule has 45 heavy (non-hydrogen) atoms. The second-order valence-electron chi connectivity index (χ2n) is 11.5. The molecular weight excluding hydrogens is 566 g/mol. The van der Waals surface area contributed by atoms with E-state index in [0.717, 1.165) is 36.0 Å². The van der Waals surface area contributed by atoms with E-state index in [2.05, 4.69) is 38.6 Å². The van der Waals surface area contributed by atoms with E-state index < -0.39 is 0 Å². The monoisotopic (exact) mass is 601 g/mol. The average molecular weight is 602 g/mol. The molecule has 3 aromatic carbocycles. The second kappa shape index (κ2) is 12.2. The first-order valence-electron chi connectivity index (χ1n) is 15.0. The first-order chi connectivity index (χ1) is 21.7. The maximum atomic E-state index is 13.7. The van der Waals surface area contributed by atoms with Crippen molar-refractivity contribution in [2.75, 3.05) is 32.8 Å². The summed E-state index contributed by atoms with van der Waals surface area (Å²) in [5.74, 6) is 0.329. The van der Waals surface area contributed by atoms with Crippen molar-refractivity contribution in [3.05, 3.63) is 107 Å². The molecule has 4 aromatic rings. The number of fused-ring (bicyclic) bond motifs is 2. The van der Waals surface area contributed by atoms with E-state index in [4.69, 9.17) is 0 Å². The van der Waals surface area contributed by atoms with E-state index in [1.54, 1.807) is 24.2 Å². The summed E-state index contributed by atoms with van der Waals surface area (Å²) in [7, 11) is 1.68. The number of hydrogen-bond donors (Lipinski definition) is 3. The van der Waals surface area contributed by atoms with Crippen LogP contribution in [0, 0.1) is 13.8 Å². The summed E-state index contributed by atoms with van der Waals surface area (Å²) in [6.07, 6.45) is 7.32. The molecule has 4 amide bonds. The van der Waals surface area contributed by atoms with E-state index in [1.165, 1.54) is 28.5 Å². The smallest absolute Gasteiger partial charge is 0.324 e. The largest absolute Gasteiger partial charge is 0.330 e. The summed E-state index contributed by atoms with van der Waals surface area (Å²) in [6.45, 7) is 7.59. The molecule has 1 aliphatic carbocycles. The number of carbonyl (C=O) groups excluding carboxylic acids is 3. The van der Waals surface area contributed by atoms with E-state index in [9.17, 15) is 14.4 Å². The van der Waals surface area contributed by atoms with E-state index in [0.29, 0.717) is 40.1 Å². The van der Waals surface area contributed by atoms with Gasteiger partial charge in [0, 0.05) is 41.4 Å². The highest BCUT2D eigenvalue weighted by Crippen LogP contribution is 2.34. The van der Waals surface area contributed by atoms with Crippen LogP contribution in [0.2, 0.25) is 0 Å². The summed E-state index contributed by atoms with van der Waals surface area (Å²) >= 11 is 0. The fourth-order valence-corrected chi connectivity index (χ4v) is 5.76. The van der Waals surface area contributed by atoms with E-state index in [1.807, 2.05) is 56.3 Å². The number of aromatic nitrogens is 2.